The number of alkyl halides is 6. The third-order valence-corrected chi connectivity index (χ3v) is 11.2. The molecule has 2 aliphatic rings. The Morgan fingerprint density at radius 1 is 0.565 bits per heavy atom. The van der Waals surface area contributed by atoms with Gasteiger partial charge in [0.25, 0.3) is 0 Å². The highest BCUT2D eigenvalue weighted by Gasteiger charge is 2.37. The monoisotopic (exact) mass is 850 g/mol. The molecule has 0 heterocycles. The molecule has 13 heteroatoms. The molecular weight excluding hydrogens is 815 g/mol. The van der Waals surface area contributed by atoms with Crippen LogP contribution in [-0.4, -0.2) is 40.8 Å². The van der Waals surface area contributed by atoms with Crippen molar-refractivity contribution >= 4 is 23.5 Å². The molecule has 6 aromatic carbocycles. The van der Waals surface area contributed by atoms with E-state index in [0.717, 1.165) is 41.0 Å². The zero-order valence-corrected chi connectivity index (χ0v) is 32.8. The second-order valence-electron chi connectivity index (χ2n) is 15.1. The normalized spacial score (nSPS) is 15.7. The molecule has 2 atom stereocenters. The number of ether oxygens (including phenoxy) is 1. The van der Waals surface area contributed by atoms with Gasteiger partial charge < -0.3 is 14.9 Å². The predicted octanol–water partition coefficient (Wildman–Crippen LogP) is 11.3. The molecule has 0 bridgehead atoms. The van der Waals surface area contributed by atoms with Crippen LogP contribution in [0.3, 0.4) is 0 Å². The molecule has 0 aliphatic heterocycles. The van der Waals surface area contributed by atoms with Crippen LogP contribution in [0.1, 0.15) is 74.8 Å². The largest absolute Gasteiger partial charge is 0.496 e. The van der Waals surface area contributed by atoms with Crippen molar-refractivity contribution in [3.63, 3.8) is 0 Å². The first-order chi connectivity index (χ1) is 29.4. The van der Waals surface area contributed by atoms with Crippen molar-refractivity contribution in [1.82, 2.24) is 0 Å². The fourth-order valence-electron chi connectivity index (χ4n) is 8.20. The number of rotatable bonds is 9. The maximum absolute atomic E-state index is 13.2. The summed E-state index contributed by atoms with van der Waals surface area (Å²) in [5, 5.41) is 18.2. The maximum Gasteiger partial charge on any atom is 0.416 e. The van der Waals surface area contributed by atoms with Crippen LogP contribution in [-0.2, 0) is 38.0 Å². The molecule has 316 valence electrons. The summed E-state index contributed by atoms with van der Waals surface area (Å²) in [5.41, 5.74) is 4.69. The molecule has 62 heavy (non-hydrogen) atoms. The van der Waals surface area contributed by atoms with Gasteiger partial charge in [-0.05, 0) is 125 Å². The van der Waals surface area contributed by atoms with Crippen molar-refractivity contribution < 1.29 is 60.5 Å². The van der Waals surface area contributed by atoms with E-state index in [0.29, 0.717) is 70.4 Å². The number of aromatic carboxylic acids is 2. The minimum absolute atomic E-state index is 0.0699. The summed E-state index contributed by atoms with van der Waals surface area (Å²) >= 11 is 0. The van der Waals surface area contributed by atoms with Gasteiger partial charge in [-0.2, -0.15) is 26.3 Å². The lowest BCUT2D eigenvalue weighted by Gasteiger charge is -2.13. The van der Waals surface area contributed by atoms with Crippen LogP contribution in [0.5, 0.6) is 5.75 Å². The van der Waals surface area contributed by atoms with Crippen LogP contribution in [0.4, 0.5) is 26.3 Å². The van der Waals surface area contributed by atoms with Crippen LogP contribution in [0, 0.1) is 11.8 Å². The highest BCUT2D eigenvalue weighted by molar-refractivity contribution is 6.07. The second-order valence-corrected chi connectivity index (χ2v) is 15.1. The Morgan fingerprint density at radius 2 is 1.08 bits per heavy atom. The summed E-state index contributed by atoms with van der Waals surface area (Å²) in [5.74, 6) is -2.67. The standard InChI is InChI=1S/C25H19F3O4.C24H17F3O3/c1-32-21-10-9-19(16-3-2-4-18(12-16)25(26,27)28)20-13-17(23(29)22(20)21)11-14-5-7-15(8-6-14)24(30)31;25-24(26,27)18-7-2-5-15(12-18)19-8-3-9-20-21(19)13-17(22(20)28)11-14-4-1-6-16(10-14)23(29)30/h2-10,12,17H,11,13H2,1H3,(H,30,31);1-10,12,17H,11,13H2,(H,29,30). The average molecular weight is 851 g/mol. The van der Waals surface area contributed by atoms with Crippen LogP contribution in [0.15, 0.2) is 127 Å². The van der Waals surface area contributed by atoms with Gasteiger partial charge in [0.15, 0.2) is 11.6 Å². The summed E-state index contributed by atoms with van der Waals surface area (Å²) in [7, 11) is 1.45. The minimum atomic E-state index is -4.47. The summed E-state index contributed by atoms with van der Waals surface area (Å²) in [6, 6.07) is 31.3. The molecule has 0 spiro atoms. The van der Waals surface area contributed by atoms with Gasteiger partial charge >= 0.3 is 24.3 Å². The summed E-state index contributed by atoms with van der Waals surface area (Å²) in [6.45, 7) is 0. The molecule has 8 rings (SSSR count). The van der Waals surface area contributed by atoms with E-state index in [-0.39, 0.29) is 28.6 Å². The van der Waals surface area contributed by atoms with E-state index in [2.05, 4.69) is 0 Å². The number of Topliss-reactive ketones (excluding diaryl/α,β-unsaturated/α-hetero) is 2. The Labute approximate surface area is 351 Å². The third-order valence-electron chi connectivity index (χ3n) is 11.2. The predicted molar refractivity (Wildman–Crippen MR) is 218 cm³/mol. The SMILES string of the molecule is COc1ccc(-c2cccc(C(F)(F)F)c2)c2c1C(=O)C(Cc1ccc(C(=O)O)cc1)C2.O=C(O)c1cccc(CC2Cc3c(cccc3-c3cccc(C(F)(F)F)c3)C2=O)c1. The summed E-state index contributed by atoms with van der Waals surface area (Å²) in [4.78, 5) is 48.4. The smallest absolute Gasteiger partial charge is 0.416 e. The van der Waals surface area contributed by atoms with Crippen molar-refractivity contribution in [3.8, 4) is 28.0 Å². The molecule has 6 aromatic rings. The third kappa shape index (κ3) is 9.02. The van der Waals surface area contributed by atoms with Gasteiger partial charge in [0.2, 0.25) is 0 Å². The van der Waals surface area contributed by atoms with Crippen molar-refractivity contribution in [3.05, 3.63) is 183 Å². The molecule has 0 amide bonds. The molecule has 0 radical (unpaired) electrons. The van der Waals surface area contributed by atoms with E-state index < -0.39 is 41.3 Å². The Morgan fingerprint density at radius 3 is 1.66 bits per heavy atom. The number of carbonyl (C=O) groups excluding carboxylic acids is 2. The van der Waals surface area contributed by atoms with Crippen molar-refractivity contribution in [2.75, 3.05) is 7.11 Å². The number of fused-ring (bicyclic) bond motifs is 2. The molecule has 2 aliphatic carbocycles. The Hall–Kier alpha value is -7.02. The van der Waals surface area contributed by atoms with Gasteiger partial charge in [-0.1, -0.05) is 72.8 Å². The van der Waals surface area contributed by atoms with Crippen LogP contribution in [0.2, 0.25) is 0 Å². The first kappa shape index (κ1) is 43.1. The second kappa shape index (κ2) is 17.2. The summed E-state index contributed by atoms with van der Waals surface area (Å²) < 4.78 is 84.4. The molecule has 0 fully saturated rings. The number of ketones is 2. The van der Waals surface area contributed by atoms with Gasteiger partial charge in [-0.15, -0.1) is 0 Å². The molecule has 7 nitrogen and oxygen atoms in total. The number of hydrogen-bond donors (Lipinski definition) is 2. The Bertz CT molecular complexity index is 2720. The van der Waals surface area contributed by atoms with E-state index in [1.807, 2.05) is 0 Å². The fraction of sp³-hybridized carbons (Fsp3) is 0.184. The number of halogens is 6. The average Bonchev–Trinajstić information content (AvgIpc) is 3.75. The van der Waals surface area contributed by atoms with E-state index in [1.54, 1.807) is 72.8 Å². The number of benzene rings is 6. The Balaban J connectivity index is 0.000000187. The zero-order valence-electron chi connectivity index (χ0n) is 32.8. The number of carbonyl (C=O) groups is 4. The maximum atomic E-state index is 13.2. The summed E-state index contributed by atoms with van der Waals surface area (Å²) in [6.07, 6.45) is -7.39. The van der Waals surface area contributed by atoms with Gasteiger partial charge in [0.1, 0.15) is 5.75 Å². The molecule has 0 aromatic heterocycles. The fourth-order valence-corrected chi connectivity index (χ4v) is 8.20. The van der Waals surface area contributed by atoms with E-state index >= 15 is 0 Å². The minimum Gasteiger partial charge on any atom is -0.496 e. The van der Waals surface area contributed by atoms with Crippen molar-refractivity contribution in [2.24, 2.45) is 11.8 Å². The number of methoxy groups -OCH3 is 1. The number of carboxylic acids is 2. The zero-order chi connectivity index (χ0) is 44.5. The van der Waals surface area contributed by atoms with Gasteiger partial charge in [0.05, 0.1) is 34.9 Å². The lowest BCUT2D eigenvalue weighted by molar-refractivity contribution is -0.138. The quantitative estimate of drug-likeness (QED) is 0.139. The van der Waals surface area contributed by atoms with Crippen LogP contribution >= 0.6 is 0 Å². The number of hydrogen-bond acceptors (Lipinski definition) is 5. The van der Waals surface area contributed by atoms with E-state index in [1.165, 1.54) is 37.4 Å². The molecule has 2 N–H and O–H groups in total. The molecule has 0 saturated heterocycles. The highest BCUT2D eigenvalue weighted by Crippen LogP contribution is 2.43. The van der Waals surface area contributed by atoms with Crippen LogP contribution < -0.4 is 4.74 Å². The van der Waals surface area contributed by atoms with Crippen molar-refractivity contribution in [1.29, 1.82) is 0 Å². The van der Waals surface area contributed by atoms with Gasteiger partial charge in [0, 0.05) is 17.4 Å². The van der Waals surface area contributed by atoms with Gasteiger partial charge in [-0.25, -0.2) is 9.59 Å². The molecular formula is C49H36F6O7. The molecule has 0 saturated carbocycles. The highest BCUT2D eigenvalue weighted by atomic mass is 19.4. The first-order valence-electron chi connectivity index (χ1n) is 19.3. The topological polar surface area (TPSA) is 118 Å². The lowest BCUT2D eigenvalue weighted by Crippen LogP contribution is -2.12. The first-order valence-corrected chi connectivity index (χ1v) is 19.3. The Kier molecular flexibility index (Phi) is 11.9. The van der Waals surface area contributed by atoms with Gasteiger partial charge in [-0.3, -0.25) is 9.59 Å². The van der Waals surface area contributed by atoms with E-state index in [4.69, 9.17) is 14.9 Å². The van der Waals surface area contributed by atoms with E-state index in [9.17, 15) is 45.5 Å². The number of carboxylic acid groups (broad SMARTS) is 2. The molecule has 2 unspecified atom stereocenters. The van der Waals surface area contributed by atoms with Crippen molar-refractivity contribution in [2.45, 2.75) is 38.0 Å². The van der Waals surface area contributed by atoms with Crippen LogP contribution in [0.25, 0.3) is 22.3 Å². The lowest BCUT2D eigenvalue weighted by atomic mass is 9.93.